The van der Waals surface area contributed by atoms with Crippen LogP contribution in [0, 0.1) is 0 Å². The van der Waals surface area contributed by atoms with E-state index in [2.05, 4.69) is 15.0 Å². The van der Waals surface area contributed by atoms with Crippen molar-refractivity contribution in [1.29, 1.82) is 0 Å². The van der Waals surface area contributed by atoms with Crippen LogP contribution in [0.15, 0.2) is 10.9 Å². The molecule has 1 fully saturated rings. The molecule has 1 aromatic heterocycles. The van der Waals surface area contributed by atoms with Crippen molar-refractivity contribution in [3.63, 3.8) is 0 Å². The van der Waals surface area contributed by atoms with Crippen LogP contribution in [0.2, 0.25) is 0 Å². The summed E-state index contributed by atoms with van der Waals surface area (Å²) in [7, 11) is 0. The summed E-state index contributed by atoms with van der Waals surface area (Å²) in [5.74, 6) is 0.959. The van der Waals surface area contributed by atoms with E-state index < -0.39 is 0 Å². The third-order valence-electron chi connectivity index (χ3n) is 3.02. The van der Waals surface area contributed by atoms with E-state index in [-0.39, 0.29) is 5.78 Å². The van der Waals surface area contributed by atoms with E-state index in [1.165, 1.54) is 19.2 Å². The largest absolute Gasteiger partial charge is 0.343 e. The number of ketones is 1. The summed E-state index contributed by atoms with van der Waals surface area (Å²) in [5.41, 5.74) is 0. The summed E-state index contributed by atoms with van der Waals surface area (Å²) in [4.78, 5) is 17.5. The van der Waals surface area contributed by atoms with Crippen LogP contribution in [0.5, 0.6) is 0 Å². The molecule has 88 valence electrons. The Morgan fingerprint density at radius 2 is 2.50 bits per heavy atom. The highest BCUT2D eigenvalue weighted by atomic mass is 16.5. The molecule has 5 nitrogen and oxygen atoms in total. The average molecular weight is 223 g/mol. The number of rotatable bonds is 4. The first-order valence-corrected chi connectivity index (χ1v) is 5.74. The van der Waals surface area contributed by atoms with Gasteiger partial charge in [0.2, 0.25) is 6.39 Å². The standard InChI is InChI=1S/C11H17N3O2/c1-9(15)6-10-4-2-3-5-14(10)7-11-12-8-16-13-11/h8,10H,2-7H2,1H3. The Morgan fingerprint density at radius 3 is 3.19 bits per heavy atom. The van der Waals surface area contributed by atoms with Crippen LogP contribution in [-0.2, 0) is 11.3 Å². The number of likely N-dealkylation sites (tertiary alicyclic amines) is 1. The molecule has 0 spiro atoms. The fourth-order valence-corrected chi connectivity index (χ4v) is 2.27. The molecular weight excluding hydrogens is 206 g/mol. The minimum atomic E-state index is 0.255. The highest BCUT2D eigenvalue weighted by Gasteiger charge is 2.24. The van der Waals surface area contributed by atoms with Crippen LogP contribution in [0.3, 0.4) is 0 Å². The summed E-state index contributed by atoms with van der Waals surface area (Å²) < 4.78 is 4.72. The lowest BCUT2D eigenvalue weighted by Gasteiger charge is -2.34. The highest BCUT2D eigenvalue weighted by molar-refractivity contribution is 5.76. The minimum Gasteiger partial charge on any atom is -0.343 e. The number of carbonyl (C=O) groups excluding carboxylic acids is 1. The summed E-state index contributed by atoms with van der Waals surface area (Å²) >= 11 is 0. The van der Waals surface area contributed by atoms with E-state index in [0.29, 0.717) is 24.8 Å². The first-order valence-electron chi connectivity index (χ1n) is 5.74. The first-order chi connectivity index (χ1) is 7.75. The summed E-state index contributed by atoms with van der Waals surface area (Å²) in [6, 6.07) is 0.352. The third kappa shape index (κ3) is 2.88. The zero-order chi connectivity index (χ0) is 11.4. The normalized spacial score (nSPS) is 22.2. The Hall–Kier alpha value is -1.23. The zero-order valence-corrected chi connectivity index (χ0v) is 9.56. The van der Waals surface area contributed by atoms with Gasteiger partial charge in [-0.1, -0.05) is 11.6 Å². The van der Waals surface area contributed by atoms with Crippen LogP contribution in [-0.4, -0.2) is 33.4 Å². The lowest BCUT2D eigenvalue weighted by molar-refractivity contribution is -0.118. The average Bonchev–Trinajstić information content (AvgIpc) is 2.73. The van der Waals surface area contributed by atoms with Crippen molar-refractivity contribution in [1.82, 2.24) is 15.0 Å². The Morgan fingerprint density at radius 1 is 1.62 bits per heavy atom. The predicted molar refractivity (Wildman–Crippen MR) is 57.6 cm³/mol. The van der Waals surface area contributed by atoms with Gasteiger partial charge in [0.25, 0.3) is 0 Å². The predicted octanol–water partition coefficient (Wildman–Crippen LogP) is 1.40. The maximum atomic E-state index is 11.2. The van der Waals surface area contributed by atoms with Gasteiger partial charge in [0.05, 0.1) is 6.54 Å². The fraction of sp³-hybridized carbons (Fsp3) is 0.727. The van der Waals surface area contributed by atoms with Crippen molar-refractivity contribution in [2.24, 2.45) is 0 Å². The molecule has 1 aliphatic heterocycles. The minimum absolute atomic E-state index is 0.255. The molecule has 1 aliphatic rings. The first kappa shape index (κ1) is 11.3. The van der Waals surface area contributed by atoms with Gasteiger partial charge in [-0.2, -0.15) is 4.98 Å². The lowest BCUT2D eigenvalue weighted by atomic mass is 9.98. The Labute approximate surface area is 94.8 Å². The summed E-state index contributed by atoms with van der Waals surface area (Å²) in [5, 5.41) is 3.81. The van der Waals surface area contributed by atoms with Gasteiger partial charge in [-0.05, 0) is 26.3 Å². The molecule has 2 heterocycles. The second kappa shape index (κ2) is 5.21. The van der Waals surface area contributed by atoms with Gasteiger partial charge < -0.3 is 4.52 Å². The fourth-order valence-electron chi connectivity index (χ4n) is 2.27. The van der Waals surface area contributed by atoms with Gasteiger partial charge in [0.1, 0.15) is 5.78 Å². The quantitative estimate of drug-likeness (QED) is 0.772. The van der Waals surface area contributed by atoms with Crippen LogP contribution in [0.1, 0.15) is 38.4 Å². The Bertz CT molecular complexity index is 337. The van der Waals surface area contributed by atoms with Crippen LogP contribution >= 0.6 is 0 Å². The number of piperidine rings is 1. The number of carbonyl (C=O) groups is 1. The SMILES string of the molecule is CC(=O)CC1CCCCN1Cc1ncon1. The molecule has 0 amide bonds. The lowest BCUT2D eigenvalue weighted by Crippen LogP contribution is -2.40. The molecule has 16 heavy (non-hydrogen) atoms. The van der Waals surface area contributed by atoms with E-state index in [1.54, 1.807) is 6.92 Å². The van der Waals surface area contributed by atoms with Gasteiger partial charge in [-0.15, -0.1) is 0 Å². The molecule has 1 aromatic rings. The molecule has 2 rings (SSSR count). The second-order valence-electron chi connectivity index (χ2n) is 4.37. The van der Waals surface area contributed by atoms with Gasteiger partial charge in [0.15, 0.2) is 5.82 Å². The number of aromatic nitrogens is 2. The topological polar surface area (TPSA) is 59.2 Å². The van der Waals surface area contributed by atoms with Gasteiger partial charge in [-0.3, -0.25) is 9.69 Å². The van der Waals surface area contributed by atoms with Crippen molar-refractivity contribution < 1.29 is 9.32 Å². The Balaban J connectivity index is 1.96. The van der Waals surface area contributed by atoms with Crippen LogP contribution < -0.4 is 0 Å². The van der Waals surface area contributed by atoms with Gasteiger partial charge in [-0.25, -0.2) is 0 Å². The maximum Gasteiger partial charge on any atom is 0.213 e. The third-order valence-corrected chi connectivity index (χ3v) is 3.02. The number of Topliss-reactive ketones (excluding diaryl/α,β-unsaturated/α-hetero) is 1. The number of hydrogen-bond donors (Lipinski definition) is 0. The molecule has 0 aliphatic carbocycles. The molecule has 0 N–H and O–H groups in total. The summed E-state index contributed by atoms with van der Waals surface area (Å²) in [6.45, 7) is 3.36. The smallest absolute Gasteiger partial charge is 0.213 e. The second-order valence-corrected chi connectivity index (χ2v) is 4.37. The number of nitrogens with zero attached hydrogens (tertiary/aromatic N) is 3. The molecule has 0 radical (unpaired) electrons. The van der Waals surface area contributed by atoms with E-state index in [0.717, 1.165) is 13.0 Å². The van der Waals surface area contributed by atoms with E-state index in [1.807, 2.05) is 0 Å². The monoisotopic (exact) mass is 223 g/mol. The summed E-state index contributed by atoms with van der Waals surface area (Å²) in [6.07, 6.45) is 5.47. The van der Waals surface area contributed by atoms with Crippen LogP contribution in [0.25, 0.3) is 0 Å². The maximum absolute atomic E-state index is 11.2. The van der Waals surface area contributed by atoms with E-state index in [4.69, 9.17) is 4.52 Å². The van der Waals surface area contributed by atoms with Crippen molar-refractivity contribution >= 4 is 5.78 Å². The van der Waals surface area contributed by atoms with Crippen molar-refractivity contribution in [2.45, 2.75) is 45.2 Å². The molecule has 1 saturated heterocycles. The van der Waals surface area contributed by atoms with Crippen molar-refractivity contribution in [3.05, 3.63) is 12.2 Å². The van der Waals surface area contributed by atoms with Crippen molar-refractivity contribution in [3.8, 4) is 0 Å². The Kier molecular flexibility index (Phi) is 3.66. The molecule has 0 aromatic carbocycles. The van der Waals surface area contributed by atoms with Crippen LogP contribution in [0.4, 0.5) is 0 Å². The molecule has 0 saturated carbocycles. The molecular formula is C11H17N3O2. The molecule has 1 unspecified atom stereocenters. The molecule has 1 atom stereocenters. The van der Waals surface area contributed by atoms with E-state index in [9.17, 15) is 4.79 Å². The highest BCUT2D eigenvalue weighted by Crippen LogP contribution is 2.21. The molecule has 0 bridgehead atoms. The number of hydrogen-bond acceptors (Lipinski definition) is 5. The zero-order valence-electron chi connectivity index (χ0n) is 9.56. The molecule has 5 heteroatoms. The van der Waals surface area contributed by atoms with E-state index >= 15 is 0 Å². The van der Waals surface area contributed by atoms with Crippen molar-refractivity contribution in [2.75, 3.05) is 6.54 Å². The van der Waals surface area contributed by atoms with Gasteiger partial charge >= 0.3 is 0 Å². The van der Waals surface area contributed by atoms with Gasteiger partial charge in [0, 0.05) is 12.5 Å².